The molecule has 0 radical (unpaired) electrons. The van der Waals surface area contributed by atoms with Crippen molar-refractivity contribution < 1.29 is 4.79 Å². The van der Waals surface area contributed by atoms with E-state index in [1.807, 2.05) is 31.1 Å². The number of likely N-dealkylation sites (N-methyl/N-ethyl adjacent to an activating group) is 1. The van der Waals surface area contributed by atoms with Gasteiger partial charge in [-0.25, -0.2) is 4.98 Å². The first-order chi connectivity index (χ1) is 9.43. The Hall–Kier alpha value is -1.62. The molecule has 0 aromatic carbocycles. The summed E-state index contributed by atoms with van der Waals surface area (Å²) in [5.41, 5.74) is 0.497. The molecule has 20 heavy (non-hydrogen) atoms. The van der Waals surface area contributed by atoms with E-state index in [4.69, 9.17) is 0 Å². The first-order valence-corrected chi connectivity index (χ1v) is 7.03. The lowest BCUT2D eigenvalue weighted by molar-refractivity contribution is 0.0719. The number of anilines is 1. The Bertz CT molecular complexity index is 432. The summed E-state index contributed by atoms with van der Waals surface area (Å²) in [6.07, 6.45) is 0. The van der Waals surface area contributed by atoms with Gasteiger partial charge in [-0.3, -0.25) is 4.79 Å². The van der Waals surface area contributed by atoms with Crippen molar-refractivity contribution in [2.45, 2.75) is 13.8 Å². The number of rotatable bonds is 7. The summed E-state index contributed by atoms with van der Waals surface area (Å²) < 4.78 is 0. The number of hydrogen-bond donors (Lipinski definition) is 1. The number of nitrogens with one attached hydrogen (secondary N) is 1. The molecule has 0 aliphatic heterocycles. The standard InChI is InChI=1S/C15H26N4O/c1-12(2)11-19(10-9-18(4)5)15(20)13-7-6-8-14(16-3)17-13/h6-8,12H,9-11H2,1-5H3,(H,16,17). The molecule has 1 aromatic heterocycles. The van der Waals surface area contributed by atoms with Gasteiger partial charge in [-0.1, -0.05) is 19.9 Å². The van der Waals surface area contributed by atoms with E-state index in [-0.39, 0.29) is 5.91 Å². The van der Waals surface area contributed by atoms with Crippen molar-refractivity contribution in [3.63, 3.8) is 0 Å². The maximum atomic E-state index is 12.6. The maximum absolute atomic E-state index is 12.6. The molecule has 1 rings (SSSR count). The van der Waals surface area contributed by atoms with E-state index in [1.165, 1.54) is 0 Å². The largest absolute Gasteiger partial charge is 0.373 e. The van der Waals surface area contributed by atoms with Gasteiger partial charge in [0.2, 0.25) is 0 Å². The molecule has 1 amide bonds. The SMILES string of the molecule is CNc1cccc(C(=O)N(CCN(C)C)CC(C)C)n1. The minimum absolute atomic E-state index is 0.00218. The Morgan fingerprint density at radius 2 is 2.00 bits per heavy atom. The van der Waals surface area contributed by atoms with Crippen LogP contribution in [-0.4, -0.2) is 61.5 Å². The zero-order valence-corrected chi connectivity index (χ0v) is 13.2. The molecule has 5 nitrogen and oxygen atoms in total. The van der Waals surface area contributed by atoms with Gasteiger partial charge in [-0.15, -0.1) is 0 Å². The summed E-state index contributed by atoms with van der Waals surface area (Å²) in [4.78, 5) is 20.9. The van der Waals surface area contributed by atoms with E-state index < -0.39 is 0 Å². The lowest BCUT2D eigenvalue weighted by atomic mass is 10.2. The minimum Gasteiger partial charge on any atom is -0.373 e. The van der Waals surface area contributed by atoms with Gasteiger partial charge in [0.15, 0.2) is 0 Å². The molecule has 1 N–H and O–H groups in total. The van der Waals surface area contributed by atoms with Crippen molar-refractivity contribution >= 4 is 11.7 Å². The number of aromatic nitrogens is 1. The van der Waals surface area contributed by atoms with E-state index in [0.717, 1.165) is 19.6 Å². The van der Waals surface area contributed by atoms with Crippen LogP contribution in [0.5, 0.6) is 0 Å². The second kappa shape index (κ2) is 7.85. The fourth-order valence-corrected chi connectivity index (χ4v) is 1.89. The maximum Gasteiger partial charge on any atom is 0.272 e. The van der Waals surface area contributed by atoms with Crippen LogP contribution in [0, 0.1) is 5.92 Å². The van der Waals surface area contributed by atoms with Gasteiger partial charge in [0.05, 0.1) is 0 Å². The summed E-state index contributed by atoms with van der Waals surface area (Å²) in [5, 5.41) is 2.96. The molecule has 0 bridgehead atoms. The van der Waals surface area contributed by atoms with Crippen LogP contribution in [0.2, 0.25) is 0 Å². The van der Waals surface area contributed by atoms with Crippen molar-refractivity contribution in [2.24, 2.45) is 5.92 Å². The third kappa shape index (κ3) is 5.17. The fraction of sp³-hybridized carbons (Fsp3) is 0.600. The number of amides is 1. The van der Waals surface area contributed by atoms with Gasteiger partial charge in [-0.2, -0.15) is 0 Å². The highest BCUT2D eigenvalue weighted by Crippen LogP contribution is 2.09. The fourth-order valence-electron chi connectivity index (χ4n) is 1.89. The highest BCUT2D eigenvalue weighted by molar-refractivity contribution is 5.92. The molecule has 1 aromatic rings. The van der Waals surface area contributed by atoms with Crippen LogP contribution in [0.15, 0.2) is 18.2 Å². The Kier molecular flexibility index (Phi) is 6.45. The predicted octanol–water partition coefficient (Wildman–Crippen LogP) is 1.78. The summed E-state index contributed by atoms with van der Waals surface area (Å²) >= 11 is 0. The van der Waals surface area contributed by atoms with Crippen LogP contribution >= 0.6 is 0 Å². The van der Waals surface area contributed by atoms with E-state index in [1.54, 1.807) is 13.1 Å². The molecule has 112 valence electrons. The molecule has 1 heterocycles. The Labute approximate surface area is 122 Å². The zero-order chi connectivity index (χ0) is 15.1. The lowest BCUT2D eigenvalue weighted by Gasteiger charge is -2.26. The smallest absolute Gasteiger partial charge is 0.272 e. The first-order valence-electron chi connectivity index (χ1n) is 7.03. The van der Waals surface area contributed by atoms with Crippen molar-refractivity contribution in [1.29, 1.82) is 0 Å². The monoisotopic (exact) mass is 278 g/mol. The first kappa shape index (κ1) is 16.4. The number of carbonyl (C=O) groups excluding carboxylic acids is 1. The second-order valence-electron chi connectivity index (χ2n) is 5.61. The zero-order valence-electron chi connectivity index (χ0n) is 13.2. The molecule has 0 saturated carbocycles. The molecular formula is C15H26N4O. The number of carbonyl (C=O) groups is 1. The molecule has 0 spiro atoms. The summed E-state index contributed by atoms with van der Waals surface area (Å²) in [6.45, 7) is 6.55. The van der Waals surface area contributed by atoms with Crippen molar-refractivity contribution in [3.8, 4) is 0 Å². The third-order valence-electron chi connectivity index (χ3n) is 2.91. The van der Waals surface area contributed by atoms with Gasteiger partial charge in [0.25, 0.3) is 5.91 Å². The molecule has 5 heteroatoms. The highest BCUT2D eigenvalue weighted by atomic mass is 16.2. The lowest BCUT2D eigenvalue weighted by Crippen LogP contribution is -2.39. The van der Waals surface area contributed by atoms with E-state index in [0.29, 0.717) is 17.4 Å². The number of pyridine rings is 1. The van der Waals surface area contributed by atoms with E-state index >= 15 is 0 Å². The van der Waals surface area contributed by atoms with Crippen LogP contribution in [0.1, 0.15) is 24.3 Å². The van der Waals surface area contributed by atoms with E-state index in [2.05, 4.69) is 29.0 Å². The van der Waals surface area contributed by atoms with Crippen molar-refractivity contribution in [1.82, 2.24) is 14.8 Å². The van der Waals surface area contributed by atoms with Crippen LogP contribution in [-0.2, 0) is 0 Å². The normalized spacial score (nSPS) is 10.9. The number of hydrogen-bond acceptors (Lipinski definition) is 4. The Morgan fingerprint density at radius 1 is 1.30 bits per heavy atom. The quantitative estimate of drug-likeness (QED) is 0.826. The summed E-state index contributed by atoms with van der Waals surface area (Å²) in [7, 11) is 5.82. The molecular weight excluding hydrogens is 252 g/mol. The van der Waals surface area contributed by atoms with Gasteiger partial charge in [0, 0.05) is 26.7 Å². The summed E-state index contributed by atoms with van der Waals surface area (Å²) in [6, 6.07) is 5.47. The van der Waals surface area contributed by atoms with Crippen LogP contribution in [0.3, 0.4) is 0 Å². The average Bonchev–Trinajstić information content (AvgIpc) is 2.42. The second-order valence-corrected chi connectivity index (χ2v) is 5.61. The highest BCUT2D eigenvalue weighted by Gasteiger charge is 2.18. The molecule has 0 aliphatic carbocycles. The molecule has 0 aliphatic rings. The van der Waals surface area contributed by atoms with Gasteiger partial charge >= 0.3 is 0 Å². The molecule has 0 unspecified atom stereocenters. The van der Waals surface area contributed by atoms with Gasteiger partial charge in [-0.05, 0) is 32.1 Å². The average molecular weight is 278 g/mol. The van der Waals surface area contributed by atoms with Gasteiger partial charge in [0.1, 0.15) is 11.5 Å². The summed E-state index contributed by atoms with van der Waals surface area (Å²) in [5.74, 6) is 1.15. The minimum atomic E-state index is -0.00218. The van der Waals surface area contributed by atoms with Crippen molar-refractivity contribution in [2.75, 3.05) is 46.1 Å². The molecule has 0 fully saturated rings. The van der Waals surface area contributed by atoms with Crippen LogP contribution in [0.4, 0.5) is 5.82 Å². The number of nitrogens with zero attached hydrogens (tertiary/aromatic N) is 3. The third-order valence-corrected chi connectivity index (χ3v) is 2.91. The van der Waals surface area contributed by atoms with E-state index in [9.17, 15) is 4.79 Å². The Balaban J connectivity index is 2.84. The Morgan fingerprint density at radius 3 is 2.55 bits per heavy atom. The molecule has 0 atom stereocenters. The predicted molar refractivity (Wildman–Crippen MR) is 83.1 cm³/mol. The molecule has 0 saturated heterocycles. The topological polar surface area (TPSA) is 48.5 Å². The van der Waals surface area contributed by atoms with Crippen LogP contribution < -0.4 is 5.32 Å². The van der Waals surface area contributed by atoms with Crippen LogP contribution in [0.25, 0.3) is 0 Å². The van der Waals surface area contributed by atoms with Crippen molar-refractivity contribution in [3.05, 3.63) is 23.9 Å². The van der Waals surface area contributed by atoms with Gasteiger partial charge < -0.3 is 15.1 Å².